The number of carbonyl (C=O) groups excluding carboxylic acids is 1. The van der Waals surface area contributed by atoms with Gasteiger partial charge in [-0.1, -0.05) is 30.3 Å². The molecule has 0 unspecified atom stereocenters. The van der Waals surface area contributed by atoms with E-state index in [4.69, 9.17) is 5.73 Å². The Bertz CT molecular complexity index is 1280. The fourth-order valence-corrected chi connectivity index (χ4v) is 3.94. The van der Waals surface area contributed by atoms with Crippen LogP contribution in [0.1, 0.15) is 23.0 Å². The molecule has 3 rings (SSSR count). The summed E-state index contributed by atoms with van der Waals surface area (Å²) in [6.45, 7) is 0.871. The summed E-state index contributed by atoms with van der Waals surface area (Å²) in [6, 6.07) is 7.39. The van der Waals surface area contributed by atoms with Crippen molar-refractivity contribution in [3.05, 3.63) is 51.9 Å². The number of nitrogens with zero attached hydrogens (tertiary/aromatic N) is 3. The third-order valence-corrected chi connectivity index (χ3v) is 5.80. The molecular weight excluding hydrogens is 428 g/mol. The van der Waals surface area contributed by atoms with Gasteiger partial charge in [-0.25, -0.2) is 13.4 Å². The van der Waals surface area contributed by atoms with Gasteiger partial charge < -0.3 is 26.2 Å². The lowest BCUT2D eigenvalue weighted by Gasteiger charge is -2.20. The van der Waals surface area contributed by atoms with E-state index >= 15 is 0 Å². The number of benzene rings is 1. The van der Waals surface area contributed by atoms with E-state index in [2.05, 4.69) is 25.3 Å². The molecule has 12 nitrogen and oxygen atoms in total. The normalized spacial score (nSPS) is 13.6. The molecule has 31 heavy (non-hydrogen) atoms. The van der Waals surface area contributed by atoms with Crippen molar-refractivity contribution in [3.8, 4) is 0 Å². The van der Waals surface area contributed by atoms with E-state index in [0.717, 1.165) is 0 Å². The number of aromatic amines is 1. The number of primary amides is 1. The third-order valence-electron chi connectivity index (χ3n) is 4.35. The highest BCUT2D eigenvalue weighted by atomic mass is 32.2. The minimum Gasteiger partial charge on any atom is -0.394 e. The lowest BCUT2D eigenvalue weighted by molar-refractivity contribution is 0.0994. The van der Waals surface area contributed by atoms with Gasteiger partial charge in [0.1, 0.15) is 5.52 Å². The maximum absolute atomic E-state index is 12.9. The van der Waals surface area contributed by atoms with Gasteiger partial charge in [-0.3, -0.25) is 9.59 Å². The number of aromatic nitrogens is 4. The van der Waals surface area contributed by atoms with Crippen LogP contribution >= 0.6 is 0 Å². The van der Waals surface area contributed by atoms with Gasteiger partial charge in [-0.2, -0.15) is 9.97 Å². The number of aliphatic hydroxyl groups excluding tert-OH is 2. The zero-order chi connectivity index (χ0) is 22.8. The number of hydrogen-bond donors (Lipinski definition) is 5. The highest BCUT2D eigenvalue weighted by molar-refractivity contribution is 7.90. The van der Waals surface area contributed by atoms with Crippen LogP contribution in [-0.4, -0.2) is 63.2 Å². The predicted molar refractivity (Wildman–Crippen MR) is 110 cm³/mol. The summed E-state index contributed by atoms with van der Waals surface area (Å²) in [4.78, 5) is 37.6. The Balaban J connectivity index is 2.20. The van der Waals surface area contributed by atoms with Crippen molar-refractivity contribution in [2.24, 2.45) is 5.73 Å². The molecule has 0 radical (unpaired) electrons. The average molecular weight is 448 g/mol. The number of aliphatic hydroxyl groups is 2. The second-order valence-electron chi connectivity index (χ2n) is 6.75. The van der Waals surface area contributed by atoms with E-state index < -0.39 is 56.7 Å². The number of sulfone groups is 1. The van der Waals surface area contributed by atoms with E-state index in [1.54, 1.807) is 30.3 Å². The predicted octanol–water partition coefficient (Wildman–Crippen LogP) is -1.06. The minimum atomic E-state index is -4.06. The Morgan fingerprint density at radius 3 is 2.48 bits per heavy atom. The van der Waals surface area contributed by atoms with Gasteiger partial charge in [0.15, 0.2) is 17.2 Å². The third kappa shape index (κ3) is 4.84. The molecule has 0 saturated carbocycles. The second-order valence-corrected chi connectivity index (χ2v) is 8.63. The molecule has 0 fully saturated rings. The molecule has 1 amide bonds. The molecule has 3 aromatic rings. The molecular formula is C18H20N6O6S. The number of nitrogens with one attached hydrogen (secondary N) is 2. The van der Waals surface area contributed by atoms with Crippen molar-refractivity contribution in [2.45, 2.75) is 30.0 Å². The molecule has 2 aromatic heterocycles. The van der Waals surface area contributed by atoms with E-state index in [1.807, 2.05) is 0 Å². The van der Waals surface area contributed by atoms with Gasteiger partial charge in [0.2, 0.25) is 9.84 Å². The van der Waals surface area contributed by atoms with Crippen molar-refractivity contribution in [1.29, 1.82) is 0 Å². The first-order valence-corrected chi connectivity index (χ1v) is 10.7. The smallest absolute Gasteiger partial charge is 0.281 e. The first-order chi connectivity index (χ1) is 14.6. The zero-order valence-electron chi connectivity index (χ0n) is 16.3. The fraction of sp³-hybridized carbons (Fsp3) is 0.278. The summed E-state index contributed by atoms with van der Waals surface area (Å²) in [7, 11) is -4.06. The average Bonchev–Trinajstić information content (AvgIpc) is 2.71. The maximum atomic E-state index is 12.9. The number of anilines is 1. The quantitative estimate of drug-likeness (QED) is 0.264. The summed E-state index contributed by atoms with van der Waals surface area (Å²) in [6.07, 6.45) is -1.06. The first-order valence-electron chi connectivity index (χ1n) is 9.06. The highest BCUT2D eigenvalue weighted by Gasteiger charge is 2.25. The van der Waals surface area contributed by atoms with Crippen LogP contribution in [0.15, 0.2) is 40.3 Å². The Morgan fingerprint density at radius 1 is 1.23 bits per heavy atom. The van der Waals surface area contributed by atoms with Gasteiger partial charge in [0.05, 0.1) is 24.5 Å². The number of rotatable bonds is 8. The summed E-state index contributed by atoms with van der Waals surface area (Å²) in [5.41, 5.74) is 3.65. The van der Waals surface area contributed by atoms with Gasteiger partial charge in [-0.15, -0.1) is 0 Å². The van der Waals surface area contributed by atoms with Gasteiger partial charge >= 0.3 is 0 Å². The van der Waals surface area contributed by atoms with E-state index in [-0.39, 0.29) is 17.0 Å². The lowest BCUT2D eigenvalue weighted by Crippen LogP contribution is -2.35. The molecule has 0 aliphatic heterocycles. The van der Waals surface area contributed by atoms with Crippen LogP contribution in [0.25, 0.3) is 11.2 Å². The van der Waals surface area contributed by atoms with E-state index in [9.17, 15) is 28.2 Å². The van der Waals surface area contributed by atoms with Gasteiger partial charge in [0.25, 0.3) is 16.6 Å². The highest BCUT2D eigenvalue weighted by Crippen LogP contribution is 2.22. The van der Waals surface area contributed by atoms with Crippen molar-refractivity contribution in [3.63, 3.8) is 0 Å². The largest absolute Gasteiger partial charge is 0.394 e. The number of amides is 1. The lowest BCUT2D eigenvalue weighted by atomic mass is 10.2. The number of fused-ring (bicyclic) bond motifs is 1. The molecule has 0 saturated heterocycles. The van der Waals surface area contributed by atoms with Gasteiger partial charge in [-0.05, 0) is 12.5 Å². The van der Waals surface area contributed by atoms with E-state index in [1.165, 1.54) is 6.92 Å². The summed E-state index contributed by atoms with van der Waals surface area (Å²) >= 11 is 0. The number of hydrogen-bond acceptors (Lipinski definition) is 10. The Morgan fingerprint density at radius 2 is 1.90 bits per heavy atom. The van der Waals surface area contributed by atoms with Crippen LogP contribution in [0.3, 0.4) is 0 Å². The molecule has 0 spiro atoms. The topological polar surface area (TPSA) is 201 Å². The van der Waals surface area contributed by atoms with E-state index in [0.29, 0.717) is 5.56 Å². The van der Waals surface area contributed by atoms with Crippen molar-refractivity contribution >= 4 is 32.7 Å². The molecule has 2 atom stereocenters. The summed E-state index contributed by atoms with van der Waals surface area (Å²) in [5.74, 6) is -1.73. The first kappa shape index (κ1) is 22.3. The molecule has 1 aromatic carbocycles. The van der Waals surface area contributed by atoms with Crippen molar-refractivity contribution in [1.82, 2.24) is 19.9 Å². The molecule has 164 valence electrons. The minimum absolute atomic E-state index is 0.161. The zero-order valence-corrected chi connectivity index (χ0v) is 17.1. The number of carbonyl (C=O) groups is 1. The van der Waals surface area contributed by atoms with Crippen molar-refractivity contribution < 1.29 is 23.4 Å². The van der Waals surface area contributed by atoms with Crippen LogP contribution in [0, 0.1) is 0 Å². The SMILES string of the molecule is C[C@H](O)[C@H](CO)Nc1nc(S(=O)(=O)Cc2ccccc2)nc2[nH]c(=O)c(C(N)=O)nc12. The number of H-pyrrole nitrogens is 1. The maximum Gasteiger partial charge on any atom is 0.281 e. The van der Waals surface area contributed by atoms with Crippen molar-refractivity contribution in [2.75, 3.05) is 11.9 Å². The Hall–Kier alpha value is -3.42. The second kappa shape index (κ2) is 8.75. The van der Waals surface area contributed by atoms with Crippen LogP contribution in [0.4, 0.5) is 5.82 Å². The molecule has 0 bridgehead atoms. The monoisotopic (exact) mass is 448 g/mol. The van der Waals surface area contributed by atoms with Crippen LogP contribution in [0.2, 0.25) is 0 Å². The van der Waals surface area contributed by atoms with Gasteiger partial charge in [0, 0.05) is 0 Å². The molecule has 0 aliphatic carbocycles. The molecule has 6 N–H and O–H groups in total. The fourth-order valence-electron chi connectivity index (χ4n) is 2.72. The van der Waals surface area contributed by atoms with Crippen LogP contribution in [-0.2, 0) is 15.6 Å². The molecule has 0 aliphatic rings. The molecule has 13 heteroatoms. The van der Waals surface area contributed by atoms with Crippen LogP contribution in [0.5, 0.6) is 0 Å². The number of nitrogens with two attached hydrogens (primary N) is 1. The summed E-state index contributed by atoms with van der Waals surface area (Å²) in [5, 5.41) is 21.4. The summed E-state index contributed by atoms with van der Waals surface area (Å²) < 4.78 is 25.8. The Labute approximate surface area is 176 Å². The Kier molecular flexibility index (Phi) is 6.29. The van der Waals surface area contributed by atoms with Crippen LogP contribution < -0.4 is 16.6 Å². The molecule has 2 heterocycles. The standard InChI is InChI=1S/C18H20N6O6S/c1-9(26)11(7-25)20-15-13-16(22-17(28)12(21-13)14(19)27)24-18(23-15)31(29,30)8-10-5-3-2-4-6-10/h2-6,9,11,25-26H,7-8H2,1H3,(H2,19,27)(H2,20,22,23,24,28)/t9-,11-/m0/s1.